The third-order valence-electron chi connectivity index (χ3n) is 2.60. The van der Waals surface area contributed by atoms with Crippen molar-refractivity contribution in [1.29, 1.82) is 0 Å². The Morgan fingerprint density at radius 3 is 2.91 bits per heavy atom. The number of rotatable bonds is 5. The van der Waals surface area contributed by atoms with Crippen LogP contribution in [0.3, 0.4) is 0 Å². The van der Waals surface area contributed by atoms with Gasteiger partial charge in [-0.2, -0.15) is 0 Å². The zero-order valence-electron chi connectivity index (χ0n) is 12.8. The van der Waals surface area contributed by atoms with Gasteiger partial charge < -0.3 is 4.74 Å². The molecule has 0 aliphatic carbocycles. The second-order valence-electron chi connectivity index (χ2n) is 5.61. The summed E-state index contributed by atoms with van der Waals surface area (Å²) in [6, 6.07) is 1.76. The molecule has 2 rings (SSSR count). The summed E-state index contributed by atoms with van der Waals surface area (Å²) in [7, 11) is 0. The molecule has 0 N–H and O–H groups in total. The molecule has 0 saturated carbocycles. The minimum Gasteiger partial charge on any atom is -0.459 e. The van der Waals surface area contributed by atoms with Crippen LogP contribution >= 0.6 is 23.1 Å². The number of aromatic nitrogens is 2. The summed E-state index contributed by atoms with van der Waals surface area (Å²) in [5, 5.41) is 2.93. The summed E-state index contributed by atoms with van der Waals surface area (Å²) in [5.41, 5.74) is -0.637. The van der Waals surface area contributed by atoms with E-state index in [1.54, 1.807) is 12.1 Å². The fraction of sp³-hybridized carbons (Fsp3) is 0.400. The van der Waals surface area contributed by atoms with E-state index in [2.05, 4.69) is 11.6 Å². The van der Waals surface area contributed by atoms with Crippen LogP contribution in [0.2, 0.25) is 0 Å². The van der Waals surface area contributed by atoms with E-state index < -0.39 is 5.60 Å². The van der Waals surface area contributed by atoms with Gasteiger partial charge in [0.1, 0.15) is 10.4 Å². The van der Waals surface area contributed by atoms with E-state index in [1.165, 1.54) is 27.7 Å². The molecule has 2 heterocycles. The Labute approximate surface area is 137 Å². The summed E-state index contributed by atoms with van der Waals surface area (Å²) in [5.74, 6) is -0.222. The van der Waals surface area contributed by atoms with Gasteiger partial charge in [-0.25, -0.2) is 4.98 Å². The highest BCUT2D eigenvalue weighted by atomic mass is 32.2. The molecule has 118 valence electrons. The van der Waals surface area contributed by atoms with Crippen LogP contribution in [-0.2, 0) is 16.1 Å². The molecule has 0 aromatic carbocycles. The summed E-state index contributed by atoms with van der Waals surface area (Å²) < 4.78 is 6.79. The number of hydrogen-bond donors (Lipinski definition) is 0. The standard InChI is InChI=1S/C15H18N2O3S2/c1-5-7-17-13(19)10-6-8-21-12(10)16-14(17)22-9-11(18)20-15(2,3)4/h5-6,8H,1,7,9H2,2-4H3. The molecule has 0 unspecified atom stereocenters. The van der Waals surface area contributed by atoms with E-state index in [0.717, 1.165) is 0 Å². The van der Waals surface area contributed by atoms with E-state index in [-0.39, 0.29) is 17.3 Å². The van der Waals surface area contributed by atoms with Crippen LogP contribution in [0, 0.1) is 0 Å². The Balaban J connectivity index is 2.26. The quantitative estimate of drug-likeness (QED) is 0.363. The van der Waals surface area contributed by atoms with Gasteiger partial charge >= 0.3 is 5.97 Å². The van der Waals surface area contributed by atoms with E-state index >= 15 is 0 Å². The van der Waals surface area contributed by atoms with Crippen molar-refractivity contribution in [2.24, 2.45) is 0 Å². The molecule has 2 aromatic rings. The van der Waals surface area contributed by atoms with Gasteiger partial charge in [0.15, 0.2) is 5.16 Å². The highest BCUT2D eigenvalue weighted by molar-refractivity contribution is 7.99. The number of carbonyl (C=O) groups is 1. The van der Waals surface area contributed by atoms with Crippen LogP contribution in [0.5, 0.6) is 0 Å². The lowest BCUT2D eigenvalue weighted by atomic mass is 10.2. The van der Waals surface area contributed by atoms with Gasteiger partial charge in [-0.05, 0) is 32.2 Å². The van der Waals surface area contributed by atoms with Crippen LogP contribution in [0.1, 0.15) is 20.8 Å². The number of thiophene rings is 1. The van der Waals surface area contributed by atoms with Crippen LogP contribution in [0.4, 0.5) is 0 Å². The van der Waals surface area contributed by atoms with Crippen LogP contribution in [-0.4, -0.2) is 26.9 Å². The molecular formula is C15H18N2O3S2. The van der Waals surface area contributed by atoms with Gasteiger partial charge in [-0.15, -0.1) is 17.9 Å². The molecule has 0 bridgehead atoms. The lowest BCUT2D eigenvalue weighted by Gasteiger charge is -2.19. The first-order valence-electron chi connectivity index (χ1n) is 6.75. The first-order chi connectivity index (χ1) is 10.3. The van der Waals surface area contributed by atoms with Gasteiger partial charge in [-0.1, -0.05) is 17.8 Å². The molecule has 7 heteroatoms. The highest BCUT2D eigenvalue weighted by Crippen LogP contribution is 2.22. The van der Waals surface area contributed by atoms with E-state index in [4.69, 9.17) is 4.74 Å². The zero-order valence-corrected chi connectivity index (χ0v) is 14.4. The molecule has 0 fully saturated rings. The van der Waals surface area contributed by atoms with Gasteiger partial charge in [0.2, 0.25) is 0 Å². The Morgan fingerprint density at radius 1 is 1.55 bits per heavy atom. The van der Waals surface area contributed by atoms with Crippen molar-refractivity contribution >= 4 is 39.3 Å². The summed E-state index contributed by atoms with van der Waals surface area (Å²) in [6.07, 6.45) is 1.64. The Hall–Kier alpha value is -1.60. The van der Waals surface area contributed by atoms with Crippen LogP contribution < -0.4 is 5.56 Å². The van der Waals surface area contributed by atoms with Crippen molar-refractivity contribution < 1.29 is 9.53 Å². The smallest absolute Gasteiger partial charge is 0.316 e. The van der Waals surface area contributed by atoms with Crippen LogP contribution in [0.15, 0.2) is 34.1 Å². The topological polar surface area (TPSA) is 61.2 Å². The van der Waals surface area contributed by atoms with Gasteiger partial charge in [-0.3, -0.25) is 14.2 Å². The third-order valence-corrected chi connectivity index (χ3v) is 4.36. The van der Waals surface area contributed by atoms with E-state index in [0.29, 0.717) is 21.9 Å². The second kappa shape index (κ2) is 6.66. The molecule has 5 nitrogen and oxygen atoms in total. The summed E-state index contributed by atoms with van der Waals surface area (Å²) in [4.78, 5) is 29.4. The number of thioether (sulfide) groups is 1. The molecular weight excluding hydrogens is 320 g/mol. The largest absolute Gasteiger partial charge is 0.459 e. The lowest BCUT2D eigenvalue weighted by molar-refractivity contribution is -0.151. The van der Waals surface area contributed by atoms with E-state index in [1.807, 2.05) is 26.2 Å². The molecule has 0 aliphatic rings. The summed E-state index contributed by atoms with van der Waals surface area (Å²) >= 11 is 2.61. The Morgan fingerprint density at radius 2 is 2.27 bits per heavy atom. The zero-order chi connectivity index (χ0) is 16.3. The van der Waals surface area contributed by atoms with Crippen molar-refractivity contribution in [3.63, 3.8) is 0 Å². The minimum atomic E-state index is -0.524. The highest BCUT2D eigenvalue weighted by Gasteiger charge is 2.18. The van der Waals surface area contributed by atoms with Crippen LogP contribution in [0.25, 0.3) is 10.2 Å². The van der Waals surface area contributed by atoms with Crippen molar-refractivity contribution in [3.05, 3.63) is 34.5 Å². The first-order valence-corrected chi connectivity index (χ1v) is 8.62. The fourth-order valence-electron chi connectivity index (χ4n) is 1.82. The minimum absolute atomic E-state index is 0.109. The maximum Gasteiger partial charge on any atom is 0.316 e. The normalized spacial score (nSPS) is 11.6. The molecule has 22 heavy (non-hydrogen) atoms. The predicted octanol–water partition coefficient (Wildman–Crippen LogP) is 3.08. The SMILES string of the molecule is C=CCn1c(SCC(=O)OC(C)(C)C)nc2sccc2c1=O. The number of esters is 1. The number of nitrogens with zero attached hydrogens (tertiary/aromatic N) is 2. The molecule has 0 amide bonds. The average Bonchev–Trinajstić information content (AvgIpc) is 2.86. The molecule has 0 spiro atoms. The Kier molecular flexibility index (Phi) is 5.08. The predicted molar refractivity (Wildman–Crippen MR) is 90.6 cm³/mol. The number of allylic oxidation sites excluding steroid dienone is 1. The van der Waals surface area contributed by atoms with Crippen molar-refractivity contribution in [2.45, 2.75) is 38.1 Å². The van der Waals surface area contributed by atoms with Gasteiger partial charge in [0.25, 0.3) is 5.56 Å². The number of ether oxygens (including phenoxy) is 1. The molecule has 0 radical (unpaired) electrons. The summed E-state index contributed by atoms with van der Waals surface area (Å²) in [6.45, 7) is 9.48. The molecule has 0 aliphatic heterocycles. The molecule has 0 atom stereocenters. The van der Waals surface area contributed by atoms with Crippen molar-refractivity contribution in [1.82, 2.24) is 9.55 Å². The van der Waals surface area contributed by atoms with Crippen molar-refractivity contribution in [2.75, 3.05) is 5.75 Å². The van der Waals surface area contributed by atoms with Gasteiger partial charge in [0, 0.05) is 6.54 Å². The van der Waals surface area contributed by atoms with E-state index in [9.17, 15) is 9.59 Å². The molecule has 0 saturated heterocycles. The fourth-order valence-corrected chi connectivity index (χ4v) is 3.41. The Bertz CT molecular complexity index is 756. The number of carbonyl (C=O) groups excluding carboxylic acids is 1. The third kappa shape index (κ3) is 3.98. The first kappa shape index (κ1) is 16.8. The van der Waals surface area contributed by atoms with Crippen molar-refractivity contribution in [3.8, 4) is 0 Å². The number of hydrogen-bond acceptors (Lipinski definition) is 6. The maximum atomic E-state index is 12.4. The lowest BCUT2D eigenvalue weighted by Crippen LogP contribution is -2.26. The monoisotopic (exact) mass is 338 g/mol. The molecule has 2 aromatic heterocycles. The maximum absolute atomic E-state index is 12.4. The number of fused-ring (bicyclic) bond motifs is 1. The average molecular weight is 338 g/mol. The van der Waals surface area contributed by atoms with Gasteiger partial charge in [0.05, 0.1) is 11.1 Å². The second-order valence-corrected chi connectivity index (χ2v) is 7.45.